The number of nitrogen functional groups attached to an aromatic ring is 1. The molecule has 1 saturated carbocycles. The van der Waals surface area contributed by atoms with E-state index in [1.54, 1.807) is 6.07 Å². The van der Waals surface area contributed by atoms with E-state index < -0.39 is 0 Å². The number of nitrogens with one attached hydrogen (secondary N) is 2. The molecule has 0 atom stereocenters. The molecular weight excluding hydrogens is 291 g/mol. The van der Waals surface area contributed by atoms with E-state index in [0.29, 0.717) is 17.7 Å². The van der Waals surface area contributed by atoms with Gasteiger partial charge in [-0.3, -0.25) is 4.79 Å². The number of benzene rings is 1. The molecule has 0 radical (unpaired) electrons. The molecule has 0 bridgehead atoms. The topological polar surface area (TPSA) is 83.8 Å². The molecule has 1 heterocycles. The summed E-state index contributed by atoms with van der Waals surface area (Å²) in [6.45, 7) is 0.595. The molecule has 21 heavy (non-hydrogen) atoms. The first-order chi connectivity index (χ1) is 10.1. The van der Waals surface area contributed by atoms with E-state index in [2.05, 4.69) is 15.3 Å². The van der Waals surface area contributed by atoms with E-state index in [1.165, 1.54) is 42.8 Å². The molecule has 0 spiro atoms. The summed E-state index contributed by atoms with van der Waals surface area (Å²) < 4.78 is 13.4. The highest BCUT2D eigenvalue weighted by Crippen LogP contribution is 2.29. The summed E-state index contributed by atoms with van der Waals surface area (Å²) in [5.41, 5.74) is 6.11. The number of aromatic amines is 1. The largest absolute Gasteiger partial charge is 0.383 e. The number of nitrogens with two attached hydrogens (primary N) is 1. The Hall–Kier alpha value is -1.86. The lowest BCUT2D eigenvalue weighted by Gasteiger charge is -2.10. The lowest BCUT2D eigenvalue weighted by Crippen LogP contribution is -2.16. The monoisotopic (exact) mass is 306 g/mol. The van der Waals surface area contributed by atoms with Gasteiger partial charge in [-0.05, 0) is 36.6 Å². The van der Waals surface area contributed by atoms with Gasteiger partial charge in [-0.25, -0.2) is 9.37 Å². The molecule has 0 aliphatic heterocycles. The quantitative estimate of drug-likeness (QED) is 0.735. The fraction of sp³-hybridized carbons (Fsp3) is 0.286. The summed E-state index contributed by atoms with van der Waals surface area (Å²) in [5.74, 6) is -0.109. The van der Waals surface area contributed by atoms with Crippen LogP contribution < -0.4 is 16.6 Å². The van der Waals surface area contributed by atoms with Crippen LogP contribution in [-0.4, -0.2) is 16.0 Å². The van der Waals surface area contributed by atoms with Crippen molar-refractivity contribution in [3.8, 4) is 0 Å². The Morgan fingerprint density at radius 2 is 2.24 bits per heavy atom. The number of aromatic nitrogens is 2. The minimum Gasteiger partial charge on any atom is -0.383 e. The zero-order valence-corrected chi connectivity index (χ0v) is 12.0. The lowest BCUT2D eigenvalue weighted by molar-refractivity contribution is 0.616. The van der Waals surface area contributed by atoms with Crippen molar-refractivity contribution in [2.75, 3.05) is 5.73 Å². The molecule has 1 aliphatic carbocycles. The molecule has 2 aromatic rings. The van der Waals surface area contributed by atoms with Crippen LogP contribution in [0.2, 0.25) is 0 Å². The van der Waals surface area contributed by atoms with Crippen LogP contribution in [-0.2, 0) is 6.54 Å². The molecule has 4 N–H and O–H groups in total. The van der Waals surface area contributed by atoms with E-state index in [4.69, 9.17) is 5.73 Å². The molecule has 7 heteroatoms. The van der Waals surface area contributed by atoms with Crippen molar-refractivity contribution in [2.45, 2.75) is 35.5 Å². The molecule has 110 valence electrons. The molecular formula is C14H15FN4OS. The van der Waals surface area contributed by atoms with E-state index in [-0.39, 0.29) is 17.2 Å². The summed E-state index contributed by atoms with van der Waals surface area (Å²) in [6.07, 6.45) is 2.34. The smallest absolute Gasteiger partial charge is 0.253 e. The fourth-order valence-corrected chi connectivity index (χ4v) is 2.84. The molecule has 1 fully saturated rings. The third kappa shape index (κ3) is 3.83. The summed E-state index contributed by atoms with van der Waals surface area (Å²) in [7, 11) is 0. The average molecular weight is 306 g/mol. The highest BCUT2D eigenvalue weighted by atomic mass is 32.2. The third-order valence-electron chi connectivity index (χ3n) is 3.13. The van der Waals surface area contributed by atoms with Crippen LogP contribution in [0, 0.1) is 5.82 Å². The van der Waals surface area contributed by atoms with Crippen LogP contribution in [0.3, 0.4) is 0 Å². The first-order valence-corrected chi connectivity index (χ1v) is 7.48. The number of nitrogens with zero attached hydrogens (tertiary/aromatic N) is 1. The van der Waals surface area contributed by atoms with Gasteiger partial charge in [-0.1, -0.05) is 11.8 Å². The second kappa shape index (κ2) is 5.87. The van der Waals surface area contributed by atoms with Crippen molar-refractivity contribution in [3.05, 3.63) is 46.0 Å². The van der Waals surface area contributed by atoms with E-state index >= 15 is 0 Å². The van der Waals surface area contributed by atoms with Crippen molar-refractivity contribution in [2.24, 2.45) is 0 Å². The van der Waals surface area contributed by atoms with Gasteiger partial charge in [0.1, 0.15) is 11.6 Å². The van der Waals surface area contributed by atoms with E-state index in [1.807, 2.05) is 0 Å². The Morgan fingerprint density at radius 3 is 2.95 bits per heavy atom. The molecule has 5 nitrogen and oxygen atoms in total. The summed E-state index contributed by atoms with van der Waals surface area (Å²) >= 11 is 1.27. The Balaban J connectivity index is 1.84. The summed E-state index contributed by atoms with van der Waals surface area (Å²) in [5, 5.41) is 3.75. The molecule has 1 aromatic carbocycles. The second-order valence-electron chi connectivity index (χ2n) is 4.98. The highest BCUT2D eigenvalue weighted by Gasteiger charge is 2.20. The van der Waals surface area contributed by atoms with Gasteiger partial charge in [-0.15, -0.1) is 0 Å². The molecule has 1 aliphatic rings. The predicted molar refractivity (Wildman–Crippen MR) is 79.7 cm³/mol. The molecule has 1 aromatic heterocycles. The van der Waals surface area contributed by atoms with Gasteiger partial charge < -0.3 is 16.0 Å². The van der Waals surface area contributed by atoms with Crippen LogP contribution in [0.1, 0.15) is 18.4 Å². The van der Waals surface area contributed by atoms with Gasteiger partial charge in [-0.2, -0.15) is 0 Å². The first kappa shape index (κ1) is 14.1. The van der Waals surface area contributed by atoms with Gasteiger partial charge in [0, 0.05) is 23.5 Å². The standard InChI is InChI=1S/C14H15FN4OS/c15-9-1-4-11(8(5-9)7-17-10-2-3-10)21-14-18-12(16)6-13(20)19-14/h1,4-6,10,17H,2-3,7H2,(H3,16,18,19,20). The van der Waals surface area contributed by atoms with E-state index in [0.717, 1.165) is 10.5 Å². The Kier molecular flexibility index (Phi) is 3.94. The van der Waals surface area contributed by atoms with Gasteiger partial charge in [0.15, 0.2) is 5.16 Å². The van der Waals surface area contributed by atoms with Crippen LogP contribution in [0.15, 0.2) is 39.1 Å². The molecule has 3 rings (SSSR count). The Bertz CT molecular complexity index is 714. The summed E-state index contributed by atoms with van der Waals surface area (Å²) in [6, 6.07) is 6.35. The van der Waals surface area contributed by atoms with Gasteiger partial charge in [0.05, 0.1) is 0 Å². The van der Waals surface area contributed by atoms with Crippen molar-refractivity contribution < 1.29 is 4.39 Å². The summed E-state index contributed by atoms with van der Waals surface area (Å²) in [4.78, 5) is 18.9. The van der Waals surface area contributed by atoms with Crippen LogP contribution in [0.5, 0.6) is 0 Å². The molecule has 0 amide bonds. The minimum atomic E-state index is -0.301. The Morgan fingerprint density at radius 1 is 1.43 bits per heavy atom. The Labute approximate surface area is 125 Å². The number of H-pyrrole nitrogens is 1. The van der Waals surface area contributed by atoms with Crippen molar-refractivity contribution in [1.82, 2.24) is 15.3 Å². The SMILES string of the molecule is Nc1cc(=O)[nH]c(Sc2ccc(F)cc2CNC2CC2)n1. The van der Waals surface area contributed by atoms with E-state index in [9.17, 15) is 9.18 Å². The van der Waals surface area contributed by atoms with Crippen molar-refractivity contribution in [3.63, 3.8) is 0 Å². The zero-order chi connectivity index (χ0) is 14.8. The second-order valence-corrected chi connectivity index (χ2v) is 6.02. The van der Waals surface area contributed by atoms with Crippen molar-refractivity contribution >= 4 is 17.6 Å². The van der Waals surface area contributed by atoms with Crippen molar-refractivity contribution in [1.29, 1.82) is 0 Å². The average Bonchev–Trinajstić information content (AvgIpc) is 3.22. The lowest BCUT2D eigenvalue weighted by atomic mass is 10.2. The zero-order valence-electron chi connectivity index (χ0n) is 11.2. The van der Waals surface area contributed by atoms with Gasteiger partial charge >= 0.3 is 0 Å². The fourth-order valence-electron chi connectivity index (χ4n) is 1.93. The number of anilines is 1. The predicted octanol–water partition coefficient (Wildman–Crippen LogP) is 1.89. The first-order valence-electron chi connectivity index (χ1n) is 6.66. The minimum absolute atomic E-state index is 0.168. The van der Waals surface area contributed by atoms with Crippen LogP contribution in [0.25, 0.3) is 0 Å². The maximum Gasteiger partial charge on any atom is 0.253 e. The van der Waals surface area contributed by atoms with Crippen LogP contribution >= 0.6 is 11.8 Å². The number of hydrogen-bond acceptors (Lipinski definition) is 5. The van der Waals surface area contributed by atoms with Gasteiger partial charge in [0.2, 0.25) is 0 Å². The number of halogens is 1. The molecule has 0 saturated heterocycles. The third-order valence-corrected chi connectivity index (χ3v) is 4.13. The maximum atomic E-state index is 13.4. The van der Waals surface area contributed by atoms with Gasteiger partial charge in [0.25, 0.3) is 5.56 Å². The molecule has 0 unspecified atom stereocenters. The number of rotatable bonds is 5. The van der Waals surface area contributed by atoms with Crippen LogP contribution in [0.4, 0.5) is 10.2 Å². The number of hydrogen-bond donors (Lipinski definition) is 3. The normalized spacial score (nSPS) is 14.3. The maximum absolute atomic E-state index is 13.4. The highest BCUT2D eigenvalue weighted by molar-refractivity contribution is 7.99.